The van der Waals surface area contributed by atoms with Gasteiger partial charge in [0.05, 0.1) is 6.20 Å². The first-order chi connectivity index (χ1) is 14.6. The molecule has 0 bridgehead atoms. The van der Waals surface area contributed by atoms with Crippen molar-refractivity contribution in [1.29, 1.82) is 0 Å². The molecule has 0 amide bonds. The van der Waals surface area contributed by atoms with E-state index in [2.05, 4.69) is 80.3 Å². The summed E-state index contributed by atoms with van der Waals surface area (Å²) in [5.41, 5.74) is 4.85. The molecule has 2 N–H and O–H groups in total. The molecule has 1 unspecified atom stereocenters. The number of ether oxygens (including phenoxy) is 1. The molecule has 2 aliphatic heterocycles. The molecule has 0 saturated carbocycles. The Kier molecular flexibility index (Phi) is 4.68. The van der Waals surface area contributed by atoms with Crippen LogP contribution in [0.1, 0.15) is 59.1 Å². The smallest absolute Gasteiger partial charge is 0.235 e. The Hall–Kier alpha value is -2.38. The molecule has 0 aliphatic carbocycles. The molecule has 1 aromatic carbocycles. The molecule has 6 nitrogen and oxygen atoms in total. The molecule has 0 radical (unpaired) electrons. The van der Waals surface area contributed by atoms with Crippen LogP contribution in [0, 0.1) is 0 Å². The van der Waals surface area contributed by atoms with E-state index in [1.54, 1.807) is 11.3 Å². The summed E-state index contributed by atoms with van der Waals surface area (Å²) in [6.45, 7) is 11.3. The zero-order valence-corrected chi connectivity index (χ0v) is 19.9. The zero-order valence-electron chi connectivity index (χ0n) is 19.1. The molecule has 0 spiro atoms. The second-order valence-corrected chi connectivity index (χ2v) is 11.2. The van der Waals surface area contributed by atoms with Crippen LogP contribution in [0.15, 0.2) is 30.6 Å². The Labute approximate surface area is 188 Å². The third kappa shape index (κ3) is 3.74. The number of anilines is 1. The average Bonchev–Trinajstić information content (AvgIpc) is 3.35. The summed E-state index contributed by atoms with van der Waals surface area (Å²) in [4.78, 5) is 8.42. The van der Waals surface area contributed by atoms with Crippen molar-refractivity contribution in [3.05, 3.63) is 36.2 Å². The molecular formula is C24H31N5OS. The van der Waals surface area contributed by atoms with E-state index in [1.165, 1.54) is 11.1 Å². The third-order valence-corrected chi connectivity index (χ3v) is 7.62. The fraction of sp³-hybridized carbons (Fsp3) is 0.500. The Bertz CT molecular complexity index is 1090. The van der Waals surface area contributed by atoms with Crippen molar-refractivity contribution in [3.63, 3.8) is 0 Å². The van der Waals surface area contributed by atoms with Gasteiger partial charge in [-0.3, -0.25) is 5.10 Å². The van der Waals surface area contributed by atoms with Gasteiger partial charge in [0.15, 0.2) is 5.13 Å². The Morgan fingerprint density at radius 1 is 1.13 bits per heavy atom. The number of rotatable bonds is 3. The number of nitrogens with zero attached hydrogens (tertiary/aromatic N) is 3. The summed E-state index contributed by atoms with van der Waals surface area (Å²) in [5.74, 6) is 0.760. The lowest BCUT2D eigenvalue weighted by Gasteiger charge is -2.48. The first-order valence-electron chi connectivity index (χ1n) is 10.9. The van der Waals surface area contributed by atoms with E-state index in [0.29, 0.717) is 6.04 Å². The summed E-state index contributed by atoms with van der Waals surface area (Å²) in [6.07, 6.45) is 5.90. The highest BCUT2D eigenvalue weighted by molar-refractivity contribution is 7.19. The normalized spacial score (nSPS) is 21.8. The van der Waals surface area contributed by atoms with Crippen molar-refractivity contribution in [3.8, 4) is 27.4 Å². The van der Waals surface area contributed by atoms with Crippen molar-refractivity contribution in [2.75, 3.05) is 11.9 Å². The van der Waals surface area contributed by atoms with E-state index in [1.807, 2.05) is 12.4 Å². The second-order valence-electron chi connectivity index (χ2n) is 10.2. The maximum Gasteiger partial charge on any atom is 0.235 e. The summed E-state index contributed by atoms with van der Waals surface area (Å²) in [6, 6.07) is 7.01. The Balaban J connectivity index is 1.48. The van der Waals surface area contributed by atoms with Gasteiger partial charge in [-0.1, -0.05) is 23.5 Å². The minimum Gasteiger partial charge on any atom is -0.469 e. The minimum absolute atomic E-state index is 0.0358. The Morgan fingerprint density at radius 3 is 2.55 bits per heavy atom. The molecule has 3 aromatic rings. The number of piperidine rings is 1. The molecular weight excluding hydrogens is 406 g/mol. The molecule has 2 aromatic heterocycles. The lowest BCUT2D eigenvalue weighted by atomic mass is 9.79. The lowest BCUT2D eigenvalue weighted by Crippen LogP contribution is -2.61. The van der Waals surface area contributed by atoms with Gasteiger partial charge >= 0.3 is 0 Å². The highest BCUT2D eigenvalue weighted by Crippen LogP contribution is 2.49. The van der Waals surface area contributed by atoms with Gasteiger partial charge in [-0.05, 0) is 59.1 Å². The molecule has 1 fully saturated rings. The van der Waals surface area contributed by atoms with Crippen LogP contribution in [-0.4, -0.2) is 39.3 Å². The molecule has 1 atom stereocenters. The van der Waals surface area contributed by atoms with Crippen molar-refractivity contribution in [2.45, 2.75) is 70.7 Å². The molecule has 7 heteroatoms. The molecule has 31 heavy (non-hydrogen) atoms. The SMILES string of the molecule is CC1Oc2nc(N(C)C3CC(C)(C)NC(C)(C)C3)sc2-c2ccc(-c3cn[nH]c3)cc21. The van der Waals surface area contributed by atoms with Crippen molar-refractivity contribution < 1.29 is 4.74 Å². The highest BCUT2D eigenvalue weighted by atomic mass is 32.1. The number of aromatic amines is 1. The monoisotopic (exact) mass is 437 g/mol. The second kappa shape index (κ2) is 7.07. The molecule has 164 valence electrons. The van der Waals surface area contributed by atoms with E-state index in [-0.39, 0.29) is 17.2 Å². The zero-order chi connectivity index (χ0) is 22.0. The van der Waals surface area contributed by atoms with Crippen LogP contribution in [-0.2, 0) is 0 Å². The van der Waals surface area contributed by atoms with E-state index in [4.69, 9.17) is 9.72 Å². The highest BCUT2D eigenvalue weighted by Gasteiger charge is 2.40. The van der Waals surface area contributed by atoms with Crippen molar-refractivity contribution >= 4 is 16.5 Å². The average molecular weight is 438 g/mol. The van der Waals surface area contributed by atoms with Crippen molar-refractivity contribution in [2.24, 2.45) is 0 Å². The van der Waals surface area contributed by atoms with Crippen LogP contribution >= 0.6 is 11.3 Å². The van der Waals surface area contributed by atoms with Crippen LogP contribution in [0.5, 0.6) is 5.88 Å². The number of nitrogens with one attached hydrogen (secondary N) is 2. The molecule has 2 aliphatic rings. The van der Waals surface area contributed by atoms with Crippen LogP contribution < -0.4 is 15.0 Å². The van der Waals surface area contributed by atoms with Crippen LogP contribution in [0.25, 0.3) is 21.6 Å². The van der Waals surface area contributed by atoms with Gasteiger partial charge in [0.1, 0.15) is 11.0 Å². The quantitative estimate of drug-likeness (QED) is 0.574. The summed E-state index contributed by atoms with van der Waals surface area (Å²) in [5, 5.41) is 11.8. The van der Waals surface area contributed by atoms with E-state index in [9.17, 15) is 0 Å². The summed E-state index contributed by atoms with van der Waals surface area (Å²) < 4.78 is 6.27. The summed E-state index contributed by atoms with van der Waals surface area (Å²) in [7, 11) is 2.18. The van der Waals surface area contributed by atoms with E-state index in [0.717, 1.165) is 39.9 Å². The van der Waals surface area contributed by atoms with Crippen LogP contribution in [0.4, 0.5) is 5.13 Å². The number of H-pyrrole nitrogens is 1. The Morgan fingerprint density at radius 2 is 1.87 bits per heavy atom. The first-order valence-corrected chi connectivity index (χ1v) is 11.8. The predicted molar refractivity (Wildman–Crippen MR) is 127 cm³/mol. The molecule has 5 rings (SSSR count). The fourth-order valence-electron chi connectivity index (χ4n) is 5.32. The number of fused-ring (bicyclic) bond motifs is 3. The largest absolute Gasteiger partial charge is 0.469 e. The van der Waals surface area contributed by atoms with Gasteiger partial charge < -0.3 is 15.0 Å². The van der Waals surface area contributed by atoms with Crippen molar-refractivity contribution in [1.82, 2.24) is 20.5 Å². The van der Waals surface area contributed by atoms with Gasteiger partial charge in [0.2, 0.25) is 5.88 Å². The predicted octanol–water partition coefficient (Wildman–Crippen LogP) is 5.40. The fourth-order valence-corrected chi connectivity index (χ4v) is 6.40. The molecule has 1 saturated heterocycles. The van der Waals surface area contributed by atoms with Gasteiger partial charge in [-0.25, -0.2) is 0 Å². The topological polar surface area (TPSA) is 66.1 Å². The number of hydrogen-bond acceptors (Lipinski definition) is 6. The maximum absolute atomic E-state index is 6.27. The van der Waals surface area contributed by atoms with Gasteiger partial charge in [0, 0.05) is 47.1 Å². The van der Waals surface area contributed by atoms with Gasteiger partial charge in [-0.15, -0.1) is 0 Å². The van der Waals surface area contributed by atoms with Crippen LogP contribution in [0.3, 0.4) is 0 Å². The first kappa shape index (κ1) is 20.5. The van der Waals surface area contributed by atoms with Crippen LogP contribution in [0.2, 0.25) is 0 Å². The maximum atomic E-state index is 6.27. The number of hydrogen-bond donors (Lipinski definition) is 2. The van der Waals surface area contributed by atoms with Gasteiger partial charge in [-0.2, -0.15) is 10.1 Å². The molecule has 4 heterocycles. The third-order valence-electron chi connectivity index (χ3n) is 6.46. The number of aromatic nitrogens is 3. The van der Waals surface area contributed by atoms with E-state index >= 15 is 0 Å². The minimum atomic E-state index is -0.0358. The number of benzene rings is 1. The van der Waals surface area contributed by atoms with E-state index < -0.39 is 0 Å². The van der Waals surface area contributed by atoms with Gasteiger partial charge in [0.25, 0.3) is 0 Å². The lowest BCUT2D eigenvalue weighted by molar-refractivity contribution is 0.161. The summed E-state index contributed by atoms with van der Waals surface area (Å²) >= 11 is 1.74. The number of thiazole rings is 1. The standard InChI is InChI=1S/C24H31N5OS/c1-14-19-9-15(16-12-25-26-13-16)7-8-18(19)20-21(30-14)27-22(31-20)29(6)17-10-23(2,3)28-24(4,5)11-17/h7-9,12-14,17,28H,10-11H2,1-6H3,(H,25,26).